The van der Waals surface area contributed by atoms with Crippen LogP contribution in [0.4, 0.5) is 0 Å². The summed E-state index contributed by atoms with van der Waals surface area (Å²) >= 11 is 0. The Morgan fingerprint density at radius 2 is 1.83 bits per heavy atom. The molecule has 1 nitrogen and oxygen atoms in total. The molecule has 1 aromatic carbocycles. The molecular weight excluding hydrogens is 148 g/mol. The summed E-state index contributed by atoms with van der Waals surface area (Å²) in [6.07, 6.45) is 1.41. The molecule has 0 fully saturated rings. The van der Waals surface area contributed by atoms with E-state index in [9.17, 15) is 5.11 Å². The third-order valence-corrected chi connectivity index (χ3v) is 2.06. The van der Waals surface area contributed by atoms with Crippen LogP contribution in [0.5, 0.6) is 0 Å². The molecular formula is C11H16O. The zero-order valence-corrected chi connectivity index (χ0v) is 7.75. The van der Waals surface area contributed by atoms with E-state index >= 15 is 0 Å². The van der Waals surface area contributed by atoms with Gasteiger partial charge >= 0.3 is 0 Å². The molecule has 0 aromatic heterocycles. The third-order valence-electron chi connectivity index (χ3n) is 2.06. The summed E-state index contributed by atoms with van der Waals surface area (Å²) in [5.74, 6) is 0. The van der Waals surface area contributed by atoms with Crippen molar-refractivity contribution < 1.29 is 5.11 Å². The molecule has 1 atom stereocenters. The van der Waals surface area contributed by atoms with Gasteiger partial charge in [-0.2, -0.15) is 0 Å². The summed E-state index contributed by atoms with van der Waals surface area (Å²) in [7, 11) is 0. The smallest absolute Gasteiger partial charge is 0.0577 e. The average Bonchev–Trinajstić information content (AvgIpc) is 2.09. The molecule has 0 saturated carbocycles. The van der Waals surface area contributed by atoms with Gasteiger partial charge in [0.25, 0.3) is 0 Å². The van der Waals surface area contributed by atoms with Crippen LogP contribution in [-0.4, -0.2) is 11.2 Å². The number of hydrogen-bond donors (Lipinski definition) is 1. The van der Waals surface area contributed by atoms with Crippen molar-refractivity contribution in [3.63, 3.8) is 0 Å². The number of rotatable bonds is 3. The van der Waals surface area contributed by atoms with E-state index < -0.39 is 0 Å². The highest BCUT2D eigenvalue weighted by molar-refractivity contribution is 5.21. The Morgan fingerprint density at radius 1 is 1.25 bits per heavy atom. The first-order valence-corrected chi connectivity index (χ1v) is 4.46. The molecule has 1 unspecified atom stereocenters. The van der Waals surface area contributed by atoms with Crippen LogP contribution in [0.1, 0.15) is 24.5 Å². The second-order valence-electron chi connectivity index (χ2n) is 3.25. The monoisotopic (exact) mass is 164 g/mol. The minimum absolute atomic E-state index is 0.187. The van der Waals surface area contributed by atoms with Crippen molar-refractivity contribution >= 4 is 0 Å². The van der Waals surface area contributed by atoms with E-state index in [1.54, 1.807) is 0 Å². The molecule has 0 amide bonds. The van der Waals surface area contributed by atoms with Crippen LogP contribution >= 0.6 is 0 Å². The van der Waals surface area contributed by atoms with Crippen molar-refractivity contribution in [1.29, 1.82) is 0 Å². The Labute approximate surface area is 74.1 Å². The van der Waals surface area contributed by atoms with Crippen LogP contribution in [0.3, 0.4) is 0 Å². The Bertz CT molecular complexity index is 225. The van der Waals surface area contributed by atoms with Crippen LogP contribution in [0, 0.1) is 6.92 Å². The Kier molecular flexibility index (Phi) is 3.30. The second kappa shape index (κ2) is 4.27. The lowest BCUT2D eigenvalue weighted by atomic mass is 10.1. The molecule has 0 radical (unpaired) electrons. The minimum atomic E-state index is -0.187. The number of hydrogen-bond acceptors (Lipinski definition) is 1. The van der Waals surface area contributed by atoms with Gasteiger partial charge in [0.05, 0.1) is 6.10 Å². The molecule has 0 aliphatic rings. The predicted octanol–water partition coefficient (Wildman–Crippen LogP) is 2.31. The maximum atomic E-state index is 9.38. The molecule has 1 aromatic rings. The van der Waals surface area contributed by atoms with E-state index in [2.05, 4.69) is 31.2 Å². The topological polar surface area (TPSA) is 20.2 Å². The van der Waals surface area contributed by atoms with Gasteiger partial charge in [-0.05, 0) is 25.3 Å². The third kappa shape index (κ3) is 2.67. The van der Waals surface area contributed by atoms with Gasteiger partial charge in [0.2, 0.25) is 0 Å². The Morgan fingerprint density at radius 3 is 2.33 bits per heavy atom. The number of aryl methyl sites for hydroxylation is 1. The first-order chi connectivity index (χ1) is 5.72. The fourth-order valence-electron chi connectivity index (χ4n) is 1.14. The molecule has 0 heterocycles. The molecule has 12 heavy (non-hydrogen) atoms. The second-order valence-corrected chi connectivity index (χ2v) is 3.25. The van der Waals surface area contributed by atoms with Crippen LogP contribution in [0.2, 0.25) is 0 Å². The minimum Gasteiger partial charge on any atom is -0.393 e. The van der Waals surface area contributed by atoms with E-state index in [4.69, 9.17) is 0 Å². The summed E-state index contributed by atoms with van der Waals surface area (Å²) in [6, 6.07) is 8.32. The van der Waals surface area contributed by atoms with Gasteiger partial charge in [-0.1, -0.05) is 36.8 Å². The summed E-state index contributed by atoms with van der Waals surface area (Å²) in [5.41, 5.74) is 2.49. The molecule has 0 spiro atoms. The first kappa shape index (κ1) is 9.27. The molecule has 0 saturated heterocycles. The van der Waals surface area contributed by atoms with Crippen molar-refractivity contribution in [1.82, 2.24) is 0 Å². The van der Waals surface area contributed by atoms with Gasteiger partial charge in [-0.3, -0.25) is 0 Å². The fourth-order valence-corrected chi connectivity index (χ4v) is 1.14. The van der Waals surface area contributed by atoms with Gasteiger partial charge < -0.3 is 5.11 Å². The number of aliphatic hydroxyl groups excluding tert-OH is 1. The molecule has 0 bridgehead atoms. The molecule has 0 aliphatic heterocycles. The summed E-state index contributed by atoms with van der Waals surface area (Å²) in [5, 5.41) is 9.38. The fraction of sp³-hybridized carbons (Fsp3) is 0.455. The van der Waals surface area contributed by atoms with Gasteiger partial charge in [0, 0.05) is 0 Å². The zero-order chi connectivity index (χ0) is 8.97. The quantitative estimate of drug-likeness (QED) is 0.726. The largest absolute Gasteiger partial charge is 0.393 e. The van der Waals surface area contributed by atoms with Crippen molar-refractivity contribution in [2.24, 2.45) is 0 Å². The highest BCUT2D eigenvalue weighted by Crippen LogP contribution is 2.07. The van der Waals surface area contributed by atoms with Crippen molar-refractivity contribution in [2.45, 2.75) is 32.8 Å². The van der Waals surface area contributed by atoms with Gasteiger partial charge in [-0.15, -0.1) is 0 Å². The summed E-state index contributed by atoms with van der Waals surface area (Å²) in [4.78, 5) is 0. The van der Waals surface area contributed by atoms with Crippen molar-refractivity contribution in [3.05, 3.63) is 35.4 Å². The van der Waals surface area contributed by atoms with E-state index in [0.29, 0.717) is 0 Å². The van der Waals surface area contributed by atoms with Gasteiger partial charge in [-0.25, -0.2) is 0 Å². The SMILES string of the molecule is CCC(O)Cc1ccc(C)cc1. The van der Waals surface area contributed by atoms with E-state index in [1.807, 2.05) is 6.92 Å². The standard InChI is InChI=1S/C11H16O/c1-3-11(12)8-10-6-4-9(2)5-7-10/h4-7,11-12H,3,8H2,1-2H3. The van der Waals surface area contributed by atoms with Crippen LogP contribution < -0.4 is 0 Å². The van der Waals surface area contributed by atoms with E-state index in [-0.39, 0.29) is 6.10 Å². The van der Waals surface area contributed by atoms with Crippen molar-refractivity contribution in [3.8, 4) is 0 Å². The average molecular weight is 164 g/mol. The first-order valence-electron chi connectivity index (χ1n) is 4.46. The van der Waals surface area contributed by atoms with Crippen LogP contribution in [0.25, 0.3) is 0 Å². The van der Waals surface area contributed by atoms with Crippen molar-refractivity contribution in [2.75, 3.05) is 0 Å². The Balaban J connectivity index is 2.58. The molecule has 1 N–H and O–H groups in total. The van der Waals surface area contributed by atoms with Crippen LogP contribution in [0.15, 0.2) is 24.3 Å². The maximum Gasteiger partial charge on any atom is 0.0577 e. The maximum absolute atomic E-state index is 9.38. The van der Waals surface area contributed by atoms with Gasteiger partial charge in [0.15, 0.2) is 0 Å². The summed E-state index contributed by atoms with van der Waals surface area (Å²) in [6.45, 7) is 4.07. The Hall–Kier alpha value is -0.820. The van der Waals surface area contributed by atoms with Gasteiger partial charge in [0.1, 0.15) is 0 Å². The lowest BCUT2D eigenvalue weighted by Gasteiger charge is -2.07. The number of benzene rings is 1. The highest BCUT2D eigenvalue weighted by atomic mass is 16.3. The summed E-state index contributed by atoms with van der Waals surface area (Å²) < 4.78 is 0. The molecule has 1 rings (SSSR count). The lowest BCUT2D eigenvalue weighted by Crippen LogP contribution is -2.07. The predicted molar refractivity (Wildman–Crippen MR) is 51.2 cm³/mol. The number of aliphatic hydroxyl groups is 1. The zero-order valence-electron chi connectivity index (χ0n) is 7.75. The van der Waals surface area contributed by atoms with E-state index in [0.717, 1.165) is 12.8 Å². The van der Waals surface area contributed by atoms with E-state index in [1.165, 1.54) is 11.1 Å². The van der Waals surface area contributed by atoms with Crippen LogP contribution in [-0.2, 0) is 6.42 Å². The lowest BCUT2D eigenvalue weighted by molar-refractivity contribution is 0.171. The molecule has 66 valence electrons. The molecule has 0 aliphatic carbocycles. The molecule has 1 heteroatoms. The highest BCUT2D eigenvalue weighted by Gasteiger charge is 2.01. The normalized spacial score (nSPS) is 12.9.